The van der Waals surface area contributed by atoms with Crippen LogP contribution in [0, 0.1) is 0 Å². The lowest BCUT2D eigenvalue weighted by molar-refractivity contribution is -0.862. The van der Waals surface area contributed by atoms with Crippen molar-refractivity contribution in [2.45, 2.75) is 12.5 Å². The fraction of sp³-hybridized carbons (Fsp3) is 0.261. The van der Waals surface area contributed by atoms with Crippen LogP contribution in [0.25, 0.3) is 6.08 Å². The number of nitrogens with one attached hydrogen (secondary N) is 1. The van der Waals surface area contributed by atoms with E-state index in [-0.39, 0.29) is 11.9 Å². The van der Waals surface area contributed by atoms with Gasteiger partial charge in [-0.05, 0) is 17.7 Å². The maximum atomic E-state index is 12.2. The van der Waals surface area contributed by atoms with Crippen LogP contribution in [0.15, 0.2) is 65.8 Å². The summed E-state index contributed by atoms with van der Waals surface area (Å²) in [6.07, 6.45) is 3.72. The Morgan fingerprint density at radius 2 is 1.79 bits per heavy atom. The zero-order valence-corrected chi connectivity index (χ0v) is 17.0. The molecule has 6 nitrogen and oxygen atoms in total. The van der Waals surface area contributed by atoms with Gasteiger partial charge in [-0.3, -0.25) is 4.79 Å². The van der Waals surface area contributed by atoms with E-state index in [0.29, 0.717) is 28.7 Å². The third kappa shape index (κ3) is 5.86. The lowest BCUT2D eigenvalue weighted by atomic mass is 10.0. The van der Waals surface area contributed by atoms with Crippen molar-refractivity contribution in [2.75, 3.05) is 27.7 Å². The Morgan fingerprint density at radius 3 is 2.52 bits per heavy atom. The highest BCUT2D eigenvalue weighted by atomic mass is 16.5. The fourth-order valence-electron chi connectivity index (χ4n) is 3.07. The minimum atomic E-state index is -0.423. The molecule has 1 aliphatic heterocycles. The SMILES string of the molecule is C[N+](C)(C)CC(=O)N/N=C(/C=C/c1ccccc1)C[C@H]1OC(=O)c2ccccc21. The van der Waals surface area contributed by atoms with E-state index >= 15 is 0 Å². The Balaban J connectivity index is 1.79. The van der Waals surface area contributed by atoms with Crippen LogP contribution in [0.1, 0.15) is 34.0 Å². The number of hydrazone groups is 1. The average molecular weight is 392 g/mol. The number of hydrogen-bond donors (Lipinski definition) is 1. The number of rotatable bonds is 7. The zero-order chi connectivity index (χ0) is 20.9. The number of quaternary nitrogens is 1. The van der Waals surface area contributed by atoms with Gasteiger partial charge in [0.1, 0.15) is 6.10 Å². The summed E-state index contributed by atoms with van der Waals surface area (Å²) in [6.45, 7) is 0.306. The molecule has 150 valence electrons. The van der Waals surface area contributed by atoms with Crippen molar-refractivity contribution in [1.29, 1.82) is 0 Å². The van der Waals surface area contributed by atoms with Crippen LogP contribution >= 0.6 is 0 Å². The maximum Gasteiger partial charge on any atom is 0.339 e. The first-order valence-electron chi connectivity index (χ1n) is 9.51. The summed E-state index contributed by atoms with van der Waals surface area (Å²) in [5, 5.41) is 4.31. The minimum Gasteiger partial charge on any atom is -0.453 e. The lowest BCUT2D eigenvalue weighted by Crippen LogP contribution is -2.43. The molecule has 0 saturated heterocycles. The Labute approximate surface area is 171 Å². The van der Waals surface area contributed by atoms with Crippen LogP contribution in [-0.4, -0.2) is 49.8 Å². The maximum absolute atomic E-state index is 12.2. The summed E-state index contributed by atoms with van der Waals surface area (Å²) in [7, 11) is 5.82. The van der Waals surface area contributed by atoms with Crippen LogP contribution in [0.5, 0.6) is 0 Å². The van der Waals surface area contributed by atoms with Gasteiger partial charge in [-0.2, -0.15) is 5.10 Å². The molecule has 0 aliphatic carbocycles. The van der Waals surface area contributed by atoms with E-state index in [0.717, 1.165) is 11.1 Å². The first-order chi connectivity index (χ1) is 13.8. The summed E-state index contributed by atoms with van der Waals surface area (Å²) in [6, 6.07) is 17.2. The van der Waals surface area contributed by atoms with Crippen LogP contribution in [-0.2, 0) is 9.53 Å². The molecule has 0 bridgehead atoms. The van der Waals surface area contributed by atoms with Crippen molar-refractivity contribution < 1.29 is 18.8 Å². The molecule has 0 saturated carbocycles. The predicted octanol–water partition coefficient (Wildman–Crippen LogP) is 3.18. The number of hydrogen-bond acceptors (Lipinski definition) is 4. The van der Waals surface area contributed by atoms with Gasteiger partial charge in [0.05, 0.1) is 32.4 Å². The second-order valence-electron chi connectivity index (χ2n) is 8.02. The van der Waals surface area contributed by atoms with Gasteiger partial charge in [0.15, 0.2) is 6.54 Å². The Bertz CT molecular complexity index is 943. The van der Waals surface area contributed by atoms with Gasteiger partial charge in [0.2, 0.25) is 0 Å². The molecule has 1 N–H and O–H groups in total. The number of likely N-dealkylation sites (N-methyl/N-ethyl adjacent to an activating group) is 1. The molecule has 6 heteroatoms. The third-order valence-electron chi connectivity index (χ3n) is 4.38. The van der Waals surface area contributed by atoms with E-state index < -0.39 is 6.10 Å². The van der Waals surface area contributed by atoms with Crippen molar-refractivity contribution >= 4 is 23.7 Å². The van der Waals surface area contributed by atoms with E-state index in [1.54, 1.807) is 6.07 Å². The van der Waals surface area contributed by atoms with Crippen molar-refractivity contribution in [3.05, 3.63) is 77.4 Å². The molecule has 0 aromatic heterocycles. The molecule has 29 heavy (non-hydrogen) atoms. The average Bonchev–Trinajstić information content (AvgIpc) is 2.99. The van der Waals surface area contributed by atoms with E-state index in [2.05, 4.69) is 10.5 Å². The lowest BCUT2D eigenvalue weighted by Gasteiger charge is -2.22. The van der Waals surface area contributed by atoms with Gasteiger partial charge >= 0.3 is 5.97 Å². The topological polar surface area (TPSA) is 67.8 Å². The van der Waals surface area contributed by atoms with Crippen molar-refractivity contribution in [3.63, 3.8) is 0 Å². The summed E-state index contributed by atoms with van der Waals surface area (Å²) < 4.78 is 6.04. The summed E-state index contributed by atoms with van der Waals surface area (Å²) >= 11 is 0. The fourth-order valence-corrected chi connectivity index (χ4v) is 3.07. The minimum absolute atomic E-state index is 0.174. The van der Waals surface area contributed by atoms with Gasteiger partial charge in [0.25, 0.3) is 5.91 Å². The predicted molar refractivity (Wildman–Crippen MR) is 113 cm³/mol. The number of nitrogens with zero attached hydrogens (tertiary/aromatic N) is 2. The molecule has 0 spiro atoms. The van der Waals surface area contributed by atoms with Gasteiger partial charge in [-0.15, -0.1) is 0 Å². The molecule has 3 rings (SSSR count). The number of fused-ring (bicyclic) bond motifs is 1. The summed E-state index contributed by atoms with van der Waals surface area (Å²) in [4.78, 5) is 24.3. The molecule has 2 aromatic rings. The molecular weight excluding hydrogens is 366 g/mol. The number of allylic oxidation sites excluding steroid dienone is 1. The first-order valence-corrected chi connectivity index (χ1v) is 9.51. The number of carbonyl (C=O) groups is 2. The number of cyclic esters (lactones) is 1. The monoisotopic (exact) mass is 392 g/mol. The molecule has 0 fully saturated rings. The van der Waals surface area contributed by atoms with E-state index in [4.69, 9.17) is 4.74 Å². The van der Waals surface area contributed by atoms with E-state index in [1.807, 2.05) is 81.8 Å². The highest BCUT2D eigenvalue weighted by Gasteiger charge is 2.31. The number of benzene rings is 2. The molecule has 0 unspecified atom stereocenters. The van der Waals surface area contributed by atoms with Crippen molar-refractivity contribution in [3.8, 4) is 0 Å². The molecule has 2 aromatic carbocycles. The second kappa shape index (κ2) is 8.84. The van der Waals surface area contributed by atoms with Gasteiger partial charge in [-0.25, -0.2) is 10.2 Å². The van der Waals surface area contributed by atoms with Crippen LogP contribution < -0.4 is 5.43 Å². The van der Waals surface area contributed by atoms with Crippen LogP contribution in [0.2, 0.25) is 0 Å². The molecule has 1 amide bonds. The van der Waals surface area contributed by atoms with Crippen molar-refractivity contribution in [1.82, 2.24) is 5.43 Å². The van der Waals surface area contributed by atoms with Gasteiger partial charge in [0, 0.05) is 12.0 Å². The molecule has 0 radical (unpaired) electrons. The standard InChI is InChI=1S/C23H25N3O3/c1-26(2,3)16-22(27)25-24-18(14-13-17-9-5-4-6-10-17)15-21-19-11-7-8-12-20(19)23(28)29-21/h4-14,21H,15-16H2,1-3H3/p+1/b14-13+,24-18-/t21-/m1/s1. The van der Waals surface area contributed by atoms with E-state index in [9.17, 15) is 9.59 Å². The number of amides is 1. The quantitative estimate of drug-likeness (QED) is 0.341. The molecule has 1 atom stereocenters. The zero-order valence-electron chi connectivity index (χ0n) is 17.0. The smallest absolute Gasteiger partial charge is 0.339 e. The van der Waals surface area contributed by atoms with Crippen LogP contribution in [0.4, 0.5) is 0 Å². The summed E-state index contributed by atoms with van der Waals surface area (Å²) in [5.41, 5.74) is 5.69. The molecule has 1 heterocycles. The highest BCUT2D eigenvalue weighted by Crippen LogP contribution is 2.33. The van der Waals surface area contributed by atoms with E-state index in [1.165, 1.54) is 0 Å². The highest BCUT2D eigenvalue weighted by molar-refractivity contribution is 6.01. The van der Waals surface area contributed by atoms with Crippen LogP contribution in [0.3, 0.4) is 0 Å². The van der Waals surface area contributed by atoms with Gasteiger partial charge in [-0.1, -0.05) is 54.6 Å². The first kappa shape index (κ1) is 20.5. The molecule has 1 aliphatic rings. The largest absolute Gasteiger partial charge is 0.453 e. The molecular formula is C23H26N3O3+. The second-order valence-corrected chi connectivity index (χ2v) is 8.02. The third-order valence-corrected chi connectivity index (χ3v) is 4.38. The Morgan fingerprint density at radius 1 is 1.10 bits per heavy atom. The number of carbonyl (C=O) groups excluding carboxylic acids is 2. The normalized spacial score (nSPS) is 16.6. The van der Waals surface area contributed by atoms with Crippen molar-refractivity contribution in [2.24, 2.45) is 5.10 Å². The Hall–Kier alpha value is -3.25. The van der Waals surface area contributed by atoms with Gasteiger partial charge < -0.3 is 9.22 Å². The Kier molecular flexibility index (Phi) is 6.24. The number of esters is 1. The summed E-state index contributed by atoms with van der Waals surface area (Å²) in [5.74, 6) is -0.502. The number of ether oxygens (including phenoxy) is 1.